The summed E-state index contributed by atoms with van der Waals surface area (Å²) in [5, 5.41) is 0. The number of hydrazine groups is 1. The fraction of sp³-hybridized carbons (Fsp3) is 0.133. The molecule has 0 fully saturated rings. The van der Waals surface area contributed by atoms with Gasteiger partial charge in [-0.15, -0.1) is 0 Å². The zero-order valence-corrected chi connectivity index (χ0v) is 11.7. The molecule has 0 spiro atoms. The van der Waals surface area contributed by atoms with Crippen molar-refractivity contribution < 1.29 is 0 Å². The topological polar surface area (TPSA) is 81.7 Å². The van der Waals surface area contributed by atoms with Gasteiger partial charge in [-0.25, -0.2) is 20.8 Å². The van der Waals surface area contributed by atoms with E-state index in [1.807, 2.05) is 47.9 Å². The van der Waals surface area contributed by atoms with E-state index in [0.29, 0.717) is 11.6 Å². The second-order valence-electron chi connectivity index (χ2n) is 4.54. The Kier molecular flexibility index (Phi) is 3.61. The van der Waals surface area contributed by atoms with Crippen LogP contribution in [0.2, 0.25) is 0 Å². The third-order valence-electron chi connectivity index (χ3n) is 3.23. The number of nitrogens with two attached hydrogens (primary N) is 1. The maximum atomic E-state index is 5.53. The molecule has 3 aromatic rings. The summed E-state index contributed by atoms with van der Waals surface area (Å²) in [6.07, 6.45) is 3.53. The number of hydrogen-bond acceptors (Lipinski definition) is 5. The van der Waals surface area contributed by atoms with Gasteiger partial charge in [-0.2, -0.15) is 0 Å². The Morgan fingerprint density at radius 2 is 2.00 bits per heavy atom. The molecule has 0 atom stereocenters. The van der Waals surface area contributed by atoms with Crippen LogP contribution in [-0.4, -0.2) is 19.5 Å². The number of anilines is 1. The molecule has 0 radical (unpaired) electrons. The first-order valence-corrected chi connectivity index (χ1v) is 6.73. The van der Waals surface area contributed by atoms with Crippen LogP contribution in [-0.2, 0) is 6.54 Å². The van der Waals surface area contributed by atoms with Crippen molar-refractivity contribution in [2.45, 2.75) is 13.5 Å². The van der Waals surface area contributed by atoms with Crippen molar-refractivity contribution in [3.05, 3.63) is 48.9 Å². The van der Waals surface area contributed by atoms with Gasteiger partial charge in [0.25, 0.3) is 0 Å². The molecule has 6 nitrogen and oxygen atoms in total. The average Bonchev–Trinajstić information content (AvgIpc) is 3.04. The van der Waals surface area contributed by atoms with E-state index in [9.17, 15) is 0 Å². The second-order valence-corrected chi connectivity index (χ2v) is 4.54. The lowest BCUT2D eigenvalue weighted by Crippen LogP contribution is -2.10. The highest BCUT2D eigenvalue weighted by atomic mass is 15.3. The lowest BCUT2D eigenvalue weighted by Gasteiger charge is -2.09. The molecule has 0 aliphatic heterocycles. The minimum atomic E-state index is 0.572. The zero-order valence-electron chi connectivity index (χ0n) is 11.7. The summed E-state index contributed by atoms with van der Waals surface area (Å²) in [7, 11) is 0. The van der Waals surface area contributed by atoms with Gasteiger partial charge in [0, 0.05) is 18.2 Å². The first-order valence-electron chi connectivity index (χ1n) is 6.73. The third kappa shape index (κ3) is 2.61. The molecular weight excluding hydrogens is 264 g/mol. The fourth-order valence-corrected chi connectivity index (χ4v) is 2.15. The van der Waals surface area contributed by atoms with E-state index in [1.54, 1.807) is 12.5 Å². The van der Waals surface area contributed by atoms with Gasteiger partial charge in [0.15, 0.2) is 5.82 Å². The molecule has 0 unspecified atom stereocenters. The number of aryl methyl sites for hydroxylation is 1. The molecule has 0 aliphatic carbocycles. The van der Waals surface area contributed by atoms with Crippen molar-refractivity contribution in [2.75, 3.05) is 5.43 Å². The van der Waals surface area contributed by atoms with Crippen molar-refractivity contribution in [2.24, 2.45) is 5.84 Å². The summed E-state index contributed by atoms with van der Waals surface area (Å²) in [6, 6.07) is 11.8. The molecule has 3 N–H and O–H groups in total. The van der Waals surface area contributed by atoms with Gasteiger partial charge in [-0.3, -0.25) is 0 Å². The van der Waals surface area contributed by atoms with Gasteiger partial charge in [-0.1, -0.05) is 30.3 Å². The maximum Gasteiger partial charge on any atom is 0.180 e. The lowest BCUT2D eigenvalue weighted by atomic mass is 10.1. The molecule has 2 heterocycles. The minimum absolute atomic E-state index is 0.572. The molecule has 0 aliphatic rings. The summed E-state index contributed by atoms with van der Waals surface area (Å²) in [5.41, 5.74) is 5.29. The summed E-state index contributed by atoms with van der Waals surface area (Å²) in [4.78, 5) is 13.2. The molecule has 2 aromatic heterocycles. The Bertz CT molecular complexity index is 735. The van der Waals surface area contributed by atoms with Crippen molar-refractivity contribution in [3.63, 3.8) is 0 Å². The summed E-state index contributed by atoms with van der Waals surface area (Å²) >= 11 is 0. The number of benzene rings is 1. The molecule has 1 aromatic carbocycles. The predicted octanol–water partition coefficient (Wildman–Crippen LogP) is 2.31. The number of nitrogen functional groups attached to an aromatic ring is 1. The Hall–Kier alpha value is -2.73. The molecule has 0 saturated carbocycles. The van der Waals surface area contributed by atoms with Crippen molar-refractivity contribution >= 4 is 5.82 Å². The Morgan fingerprint density at radius 1 is 1.19 bits per heavy atom. The molecule has 0 bridgehead atoms. The Labute approximate surface area is 122 Å². The monoisotopic (exact) mass is 280 g/mol. The minimum Gasteiger partial charge on any atom is -0.328 e. The summed E-state index contributed by atoms with van der Waals surface area (Å²) in [6.45, 7) is 2.86. The van der Waals surface area contributed by atoms with Crippen LogP contribution in [0.1, 0.15) is 6.92 Å². The van der Waals surface area contributed by atoms with Crippen LogP contribution < -0.4 is 11.3 Å². The number of nitrogens with one attached hydrogen (secondary N) is 1. The second kappa shape index (κ2) is 5.72. The van der Waals surface area contributed by atoms with E-state index in [1.165, 1.54) is 0 Å². The van der Waals surface area contributed by atoms with Crippen molar-refractivity contribution in [1.29, 1.82) is 0 Å². The zero-order chi connectivity index (χ0) is 14.7. The summed E-state index contributed by atoms with van der Waals surface area (Å²) < 4.78 is 1.99. The number of hydrogen-bond donors (Lipinski definition) is 2. The first kappa shape index (κ1) is 13.3. The van der Waals surface area contributed by atoms with Crippen LogP contribution in [0, 0.1) is 0 Å². The smallest absolute Gasteiger partial charge is 0.180 e. The van der Waals surface area contributed by atoms with E-state index < -0.39 is 0 Å². The van der Waals surface area contributed by atoms with Crippen LogP contribution in [0.5, 0.6) is 0 Å². The quantitative estimate of drug-likeness (QED) is 0.566. The van der Waals surface area contributed by atoms with Crippen LogP contribution in [0.25, 0.3) is 22.8 Å². The highest BCUT2D eigenvalue weighted by Gasteiger charge is 2.11. The lowest BCUT2D eigenvalue weighted by molar-refractivity contribution is 0.764. The Balaban J connectivity index is 2.14. The highest BCUT2D eigenvalue weighted by Crippen LogP contribution is 2.23. The van der Waals surface area contributed by atoms with E-state index in [0.717, 1.165) is 23.5 Å². The van der Waals surface area contributed by atoms with E-state index in [2.05, 4.69) is 20.4 Å². The van der Waals surface area contributed by atoms with Crippen molar-refractivity contribution in [1.82, 2.24) is 19.5 Å². The largest absolute Gasteiger partial charge is 0.328 e. The SMILES string of the molecule is CCn1cncc1-c1nc(NN)cc(-c2ccccc2)n1. The van der Waals surface area contributed by atoms with Gasteiger partial charge in [0.05, 0.1) is 18.2 Å². The first-order chi connectivity index (χ1) is 10.3. The average molecular weight is 280 g/mol. The predicted molar refractivity (Wildman–Crippen MR) is 82.2 cm³/mol. The van der Waals surface area contributed by atoms with Crippen LogP contribution in [0.4, 0.5) is 5.82 Å². The summed E-state index contributed by atoms with van der Waals surface area (Å²) in [5.74, 6) is 6.70. The van der Waals surface area contributed by atoms with E-state index >= 15 is 0 Å². The molecule has 0 saturated heterocycles. The van der Waals surface area contributed by atoms with Gasteiger partial charge in [0.2, 0.25) is 0 Å². The van der Waals surface area contributed by atoms with E-state index in [-0.39, 0.29) is 0 Å². The number of aromatic nitrogens is 4. The van der Waals surface area contributed by atoms with Gasteiger partial charge >= 0.3 is 0 Å². The van der Waals surface area contributed by atoms with Gasteiger partial charge < -0.3 is 9.99 Å². The van der Waals surface area contributed by atoms with E-state index in [4.69, 9.17) is 5.84 Å². The maximum absolute atomic E-state index is 5.53. The molecule has 0 amide bonds. The third-order valence-corrected chi connectivity index (χ3v) is 3.23. The molecule has 106 valence electrons. The van der Waals surface area contributed by atoms with Crippen LogP contribution in [0.3, 0.4) is 0 Å². The van der Waals surface area contributed by atoms with Gasteiger partial charge in [0.1, 0.15) is 11.5 Å². The van der Waals surface area contributed by atoms with Crippen molar-refractivity contribution in [3.8, 4) is 22.8 Å². The molecular formula is C15H16N6. The number of rotatable bonds is 4. The fourth-order valence-electron chi connectivity index (χ4n) is 2.15. The normalized spacial score (nSPS) is 10.6. The number of imidazole rings is 1. The molecule has 6 heteroatoms. The molecule has 3 rings (SSSR count). The number of nitrogens with zero attached hydrogens (tertiary/aromatic N) is 4. The van der Waals surface area contributed by atoms with Crippen LogP contribution >= 0.6 is 0 Å². The molecule has 21 heavy (non-hydrogen) atoms. The standard InChI is InChI=1S/C15H16N6/c1-2-21-10-17-9-13(21)15-18-12(8-14(19-15)20-16)11-6-4-3-5-7-11/h3-10H,2,16H2,1H3,(H,18,19,20). The highest BCUT2D eigenvalue weighted by molar-refractivity contribution is 5.66. The van der Waals surface area contributed by atoms with Gasteiger partial charge in [-0.05, 0) is 6.92 Å². The Morgan fingerprint density at radius 3 is 2.71 bits per heavy atom. The van der Waals surface area contributed by atoms with Crippen LogP contribution in [0.15, 0.2) is 48.9 Å².